The maximum Gasteiger partial charge on any atom is 0.261 e. The van der Waals surface area contributed by atoms with Gasteiger partial charge in [-0.3, -0.25) is 19.3 Å². The number of nitrogens with zero attached hydrogens (tertiary/aromatic N) is 2. The molecular weight excluding hydrogens is 352 g/mol. The third-order valence-corrected chi connectivity index (χ3v) is 5.69. The maximum absolute atomic E-state index is 12.8. The second kappa shape index (κ2) is 7.58. The largest absolute Gasteiger partial charge is 0.339 e. The molecule has 2 aliphatic heterocycles. The molecule has 1 saturated heterocycles. The Labute approximate surface area is 164 Å². The molecule has 28 heavy (non-hydrogen) atoms. The fraction of sp³-hybridized carbons (Fsp3) is 0.348. The molecule has 1 unspecified atom stereocenters. The number of aryl methyl sites for hydroxylation is 1. The molecule has 3 amide bonds. The zero-order chi connectivity index (χ0) is 19.7. The van der Waals surface area contributed by atoms with Gasteiger partial charge in [-0.2, -0.15) is 0 Å². The van der Waals surface area contributed by atoms with E-state index in [1.165, 1.54) is 10.5 Å². The molecule has 0 saturated carbocycles. The van der Waals surface area contributed by atoms with Gasteiger partial charge in [-0.25, -0.2) is 0 Å². The summed E-state index contributed by atoms with van der Waals surface area (Å²) in [7, 11) is 0. The molecule has 0 aromatic heterocycles. The van der Waals surface area contributed by atoms with Gasteiger partial charge >= 0.3 is 0 Å². The lowest BCUT2D eigenvalue weighted by Gasteiger charge is -2.26. The van der Waals surface area contributed by atoms with E-state index in [-0.39, 0.29) is 36.7 Å². The van der Waals surface area contributed by atoms with Crippen molar-refractivity contribution >= 4 is 17.7 Å². The number of imide groups is 1. The Balaban J connectivity index is 1.39. The molecule has 0 spiro atoms. The lowest BCUT2D eigenvalue weighted by molar-refractivity contribution is -0.132. The molecule has 0 N–H and O–H groups in total. The van der Waals surface area contributed by atoms with Crippen LogP contribution in [0.25, 0.3) is 0 Å². The van der Waals surface area contributed by atoms with E-state index in [4.69, 9.17) is 0 Å². The molecule has 5 nitrogen and oxygen atoms in total. The van der Waals surface area contributed by atoms with E-state index in [0.29, 0.717) is 11.1 Å². The Morgan fingerprint density at radius 1 is 1.04 bits per heavy atom. The first kappa shape index (κ1) is 18.4. The second-order valence-corrected chi connectivity index (χ2v) is 7.63. The van der Waals surface area contributed by atoms with Crippen LogP contribution >= 0.6 is 0 Å². The minimum absolute atomic E-state index is 0.0196. The van der Waals surface area contributed by atoms with E-state index < -0.39 is 0 Å². The first-order chi connectivity index (χ1) is 13.5. The van der Waals surface area contributed by atoms with Gasteiger partial charge in [0.25, 0.3) is 11.8 Å². The van der Waals surface area contributed by atoms with E-state index >= 15 is 0 Å². The average Bonchev–Trinajstić information content (AvgIpc) is 3.24. The highest BCUT2D eigenvalue weighted by Gasteiger charge is 2.36. The van der Waals surface area contributed by atoms with Gasteiger partial charge in [-0.05, 0) is 43.9 Å². The van der Waals surface area contributed by atoms with Crippen molar-refractivity contribution in [3.8, 4) is 0 Å². The third-order valence-electron chi connectivity index (χ3n) is 5.69. The van der Waals surface area contributed by atoms with Gasteiger partial charge in [-0.1, -0.05) is 42.0 Å². The minimum Gasteiger partial charge on any atom is -0.339 e. The first-order valence-electron chi connectivity index (χ1n) is 9.85. The molecule has 2 aromatic carbocycles. The second-order valence-electron chi connectivity index (χ2n) is 7.63. The molecule has 0 bridgehead atoms. The van der Waals surface area contributed by atoms with E-state index in [1.54, 1.807) is 12.1 Å². The number of likely N-dealkylation sites (tertiary alicyclic amines) is 1. The molecule has 0 aliphatic carbocycles. The van der Waals surface area contributed by atoms with Crippen molar-refractivity contribution in [1.82, 2.24) is 9.80 Å². The number of carbonyl (C=O) groups excluding carboxylic acids is 3. The fourth-order valence-electron chi connectivity index (χ4n) is 4.22. The van der Waals surface area contributed by atoms with Crippen LogP contribution in [0.3, 0.4) is 0 Å². The van der Waals surface area contributed by atoms with Gasteiger partial charge in [0.1, 0.15) is 0 Å². The zero-order valence-corrected chi connectivity index (χ0v) is 16.1. The predicted molar refractivity (Wildman–Crippen MR) is 106 cm³/mol. The van der Waals surface area contributed by atoms with Crippen LogP contribution in [0.4, 0.5) is 0 Å². The molecule has 144 valence electrons. The van der Waals surface area contributed by atoms with E-state index in [0.717, 1.165) is 31.4 Å². The van der Waals surface area contributed by atoms with Crippen LogP contribution in [0.1, 0.15) is 51.1 Å². The Morgan fingerprint density at radius 2 is 1.79 bits per heavy atom. The lowest BCUT2D eigenvalue weighted by atomic mass is 10.0. The van der Waals surface area contributed by atoms with Crippen molar-refractivity contribution in [1.29, 1.82) is 0 Å². The summed E-state index contributed by atoms with van der Waals surface area (Å²) in [5.41, 5.74) is 3.05. The summed E-state index contributed by atoms with van der Waals surface area (Å²) in [6.07, 6.45) is 3.01. The number of fused-ring (bicyclic) bond motifs is 1. The van der Waals surface area contributed by atoms with Crippen molar-refractivity contribution in [2.45, 2.75) is 38.6 Å². The standard InChI is InChI=1S/C23H24N2O3/c1-16-9-10-19-20(14-16)23(28)25(22(19)27)13-11-21(26)24-12-5-8-18(24)15-17-6-3-2-4-7-17/h2-4,6-7,9-10,14,18H,5,8,11-13,15H2,1H3. The van der Waals surface area contributed by atoms with E-state index in [2.05, 4.69) is 12.1 Å². The van der Waals surface area contributed by atoms with Gasteiger partial charge in [0.2, 0.25) is 5.91 Å². The van der Waals surface area contributed by atoms with Crippen molar-refractivity contribution in [3.63, 3.8) is 0 Å². The Bertz CT molecular complexity index is 923. The highest BCUT2D eigenvalue weighted by Crippen LogP contribution is 2.25. The predicted octanol–water partition coefficient (Wildman–Crippen LogP) is 3.21. The number of amides is 3. The van der Waals surface area contributed by atoms with Crippen LogP contribution in [0.5, 0.6) is 0 Å². The Kier molecular flexibility index (Phi) is 4.99. The van der Waals surface area contributed by atoms with E-state index in [1.807, 2.05) is 36.1 Å². The number of rotatable bonds is 5. The number of benzene rings is 2. The summed E-state index contributed by atoms with van der Waals surface area (Å²) in [6.45, 7) is 2.78. The molecular formula is C23H24N2O3. The Morgan fingerprint density at radius 3 is 2.57 bits per heavy atom. The van der Waals surface area contributed by atoms with Crippen molar-refractivity contribution in [2.75, 3.05) is 13.1 Å². The quantitative estimate of drug-likeness (QED) is 0.753. The highest BCUT2D eigenvalue weighted by molar-refractivity contribution is 6.21. The fourth-order valence-corrected chi connectivity index (χ4v) is 4.22. The summed E-state index contributed by atoms with van der Waals surface area (Å²) < 4.78 is 0. The average molecular weight is 376 g/mol. The molecule has 2 heterocycles. The van der Waals surface area contributed by atoms with Crippen LogP contribution in [0.15, 0.2) is 48.5 Å². The highest BCUT2D eigenvalue weighted by atomic mass is 16.2. The van der Waals surface area contributed by atoms with Crippen LogP contribution in [0.2, 0.25) is 0 Å². The Hall–Kier alpha value is -2.95. The van der Waals surface area contributed by atoms with E-state index in [9.17, 15) is 14.4 Å². The molecule has 2 aliphatic rings. The zero-order valence-electron chi connectivity index (χ0n) is 16.1. The monoisotopic (exact) mass is 376 g/mol. The van der Waals surface area contributed by atoms with Crippen LogP contribution in [-0.4, -0.2) is 46.7 Å². The van der Waals surface area contributed by atoms with Crippen LogP contribution in [0, 0.1) is 6.92 Å². The molecule has 1 fully saturated rings. The first-order valence-corrected chi connectivity index (χ1v) is 9.85. The molecule has 5 heteroatoms. The van der Waals surface area contributed by atoms with Gasteiger partial charge in [-0.15, -0.1) is 0 Å². The summed E-state index contributed by atoms with van der Waals surface area (Å²) in [4.78, 5) is 41.1. The summed E-state index contributed by atoms with van der Waals surface area (Å²) in [5, 5.41) is 0. The number of hydrogen-bond acceptors (Lipinski definition) is 3. The summed E-state index contributed by atoms with van der Waals surface area (Å²) in [5.74, 6) is -0.569. The van der Waals surface area contributed by atoms with Crippen molar-refractivity contribution < 1.29 is 14.4 Å². The number of carbonyl (C=O) groups is 3. The molecule has 2 aromatic rings. The van der Waals surface area contributed by atoms with Gasteiger partial charge in [0.05, 0.1) is 11.1 Å². The molecule has 4 rings (SSSR count). The number of hydrogen-bond donors (Lipinski definition) is 0. The SMILES string of the molecule is Cc1ccc2c(c1)C(=O)N(CCC(=O)N1CCCC1Cc1ccccc1)C2=O. The maximum atomic E-state index is 12.8. The normalized spacial score (nSPS) is 18.7. The van der Waals surface area contributed by atoms with Crippen molar-refractivity contribution in [2.24, 2.45) is 0 Å². The van der Waals surface area contributed by atoms with Gasteiger partial charge in [0.15, 0.2) is 0 Å². The van der Waals surface area contributed by atoms with Crippen molar-refractivity contribution in [3.05, 3.63) is 70.8 Å². The minimum atomic E-state index is -0.296. The summed E-state index contributed by atoms with van der Waals surface area (Å²) in [6, 6.07) is 15.7. The van der Waals surface area contributed by atoms with Gasteiger partial charge in [0, 0.05) is 25.6 Å². The summed E-state index contributed by atoms with van der Waals surface area (Å²) >= 11 is 0. The lowest BCUT2D eigenvalue weighted by Crippen LogP contribution is -2.40. The smallest absolute Gasteiger partial charge is 0.261 e. The van der Waals surface area contributed by atoms with Crippen LogP contribution < -0.4 is 0 Å². The third kappa shape index (κ3) is 3.44. The topological polar surface area (TPSA) is 57.7 Å². The van der Waals surface area contributed by atoms with Crippen LogP contribution in [-0.2, 0) is 11.2 Å². The van der Waals surface area contributed by atoms with Gasteiger partial charge < -0.3 is 4.90 Å². The molecule has 0 radical (unpaired) electrons. The molecule has 1 atom stereocenters.